The molecule has 2 unspecified atom stereocenters. The summed E-state index contributed by atoms with van der Waals surface area (Å²) in [6, 6.07) is 0. The number of esters is 2. The van der Waals surface area contributed by atoms with Crippen molar-refractivity contribution in [1.29, 1.82) is 0 Å². The maximum atomic E-state index is 12.0. The van der Waals surface area contributed by atoms with Crippen molar-refractivity contribution in [2.24, 2.45) is 11.8 Å². The number of hydrogen-bond donors (Lipinski definition) is 4. The topological polar surface area (TPSA) is 236 Å². The van der Waals surface area contributed by atoms with Gasteiger partial charge < -0.3 is 19.7 Å². The molecule has 0 aromatic heterocycles. The molecule has 0 heterocycles. The summed E-state index contributed by atoms with van der Waals surface area (Å²) >= 11 is 0. The Bertz CT molecular complexity index is 987. The van der Waals surface area contributed by atoms with Gasteiger partial charge in [-0.05, 0) is 24.7 Å². The minimum absolute atomic E-state index is 0.0633. The van der Waals surface area contributed by atoms with E-state index in [-0.39, 0.29) is 13.2 Å². The first-order chi connectivity index (χ1) is 18.3. The number of ether oxygens (including phenoxy) is 2. The summed E-state index contributed by atoms with van der Waals surface area (Å²) in [5.74, 6) is -4.22. The van der Waals surface area contributed by atoms with E-state index >= 15 is 0 Å². The second kappa shape index (κ2) is 20.6. The van der Waals surface area contributed by atoms with Crippen molar-refractivity contribution in [1.82, 2.24) is 0 Å². The zero-order valence-electron chi connectivity index (χ0n) is 23.5. The van der Waals surface area contributed by atoms with Crippen LogP contribution in [0.3, 0.4) is 0 Å². The fourth-order valence-electron chi connectivity index (χ4n) is 3.11. The van der Waals surface area contributed by atoms with E-state index in [2.05, 4.69) is 27.7 Å². The first-order valence-corrected chi connectivity index (χ1v) is 16.0. The van der Waals surface area contributed by atoms with Crippen LogP contribution in [0.15, 0.2) is 0 Å². The van der Waals surface area contributed by atoms with Crippen molar-refractivity contribution in [2.45, 2.75) is 102 Å². The molecule has 0 amide bonds. The fourth-order valence-corrected chi connectivity index (χ4v) is 4.38. The van der Waals surface area contributed by atoms with Gasteiger partial charge in [0.15, 0.2) is 10.5 Å². The lowest BCUT2D eigenvalue weighted by atomic mass is 10.1. The summed E-state index contributed by atoms with van der Waals surface area (Å²) in [6.45, 7) is 8.76. The number of hydrogen-bond acceptors (Lipinski definition) is 10. The summed E-state index contributed by atoms with van der Waals surface area (Å²) in [7, 11) is -9.58. The van der Waals surface area contributed by atoms with Crippen molar-refractivity contribution in [3.8, 4) is 0 Å². The molecule has 2 atom stereocenters. The van der Waals surface area contributed by atoms with Gasteiger partial charge in [-0.25, -0.2) is 0 Å². The van der Waals surface area contributed by atoms with Crippen LogP contribution in [0.4, 0.5) is 0 Å². The summed E-state index contributed by atoms with van der Waals surface area (Å²) in [6.07, 6.45) is 5.37. The molecular weight excluding hydrogens is 576 g/mol. The van der Waals surface area contributed by atoms with Crippen LogP contribution in [-0.4, -0.2) is 83.7 Å². The minimum atomic E-state index is -4.84. The molecule has 0 aliphatic heterocycles. The molecule has 0 radical (unpaired) electrons. The van der Waals surface area contributed by atoms with Crippen LogP contribution in [0.2, 0.25) is 0 Å². The summed E-state index contributed by atoms with van der Waals surface area (Å²) in [5, 5.41) is 12.0. The number of carbonyl (C=O) groups excluding carboxylic acids is 2. The Labute approximate surface area is 236 Å². The van der Waals surface area contributed by atoms with Crippen LogP contribution >= 0.6 is 0 Å². The number of carboxylic acids is 2. The smallest absolute Gasteiger partial charge is 0.327 e. The van der Waals surface area contributed by atoms with Gasteiger partial charge in [0.05, 0.1) is 26.1 Å². The van der Waals surface area contributed by atoms with Crippen LogP contribution in [-0.2, 0) is 48.9 Å². The molecule has 0 aliphatic rings. The molecule has 0 saturated heterocycles. The zero-order chi connectivity index (χ0) is 31.5. The van der Waals surface area contributed by atoms with Crippen molar-refractivity contribution in [3.05, 3.63) is 0 Å². The Kier molecular flexibility index (Phi) is 20.5. The van der Waals surface area contributed by atoms with Gasteiger partial charge in [0, 0.05) is 0 Å². The van der Waals surface area contributed by atoms with E-state index in [0.29, 0.717) is 24.7 Å². The predicted molar refractivity (Wildman–Crippen MR) is 144 cm³/mol. The number of rotatable bonds is 20. The van der Waals surface area contributed by atoms with E-state index in [1.54, 1.807) is 0 Å². The van der Waals surface area contributed by atoms with E-state index < -0.39 is 67.5 Å². The van der Waals surface area contributed by atoms with E-state index in [9.17, 15) is 40.6 Å². The molecule has 0 rings (SSSR count). The molecule has 0 aromatic carbocycles. The van der Waals surface area contributed by atoms with Crippen molar-refractivity contribution in [2.75, 3.05) is 13.2 Å². The second-order valence-electron chi connectivity index (χ2n) is 10.0. The summed E-state index contributed by atoms with van der Waals surface area (Å²) in [5.41, 5.74) is 0. The van der Waals surface area contributed by atoms with Crippen molar-refractivity contribution in [3.63, 3.8) is 0 Å². The molecule has 0 aromatic rings. The summed E-state index contributed by atoms with van der Waals surface area (Å²) < 4.78 is 70.7. The van der Waals surface area contributed by atoms with Gasteiger partial charge in [-0.2, -0.15) is 16.8 Å². The van der Waals surface area contributed by atoms with Crippen LogP contribution in [0.1, 0.15) is 91.9 Å². The number of aliphatic carboxylic acids is 2. The highest BCUT2D eigenvalue weighted by Crippen LogP contribution is 2.12. The highest BCUT2D eigenvalue weighted by atomic mass is 32.2. The van der Waals surface area contributed by atoms with Crippen molar-refractivity contribution < 1.29 is 64.8 Å². The second-order valence-corrected chi connectivity index (χ2v) is 13.2. The van der Waals surface area contributed by atoms with Gasteiger partial charge in [0.1, 0.15) is 0 Å². The molecule has 0 fully saturated rings. The van der Waals surface area contributed by atoms with E-state index in [0.717, 1.165) is 38.5 Å². The number of carboxylic acid groups (broad SMARTS) is 2. The Morgan fingerprint density at radius 3 is 1.38 bits per heavy atom. The fraction of sp³-hybridized carbons (Fsp3) is 0.833. The predicted octanol–water partition coefficient (Wildman–Crippen LogP) is 2.95. The van der Waals surface area contributed by atoms with Crippen LogP contribution in [0.25, 0.3) is 0 Å². The van der Waals surface area contributed by atoms with Gasteiger partial charge in [-0.1, -0.05) is 66.2 Å². The standard InChI is InChI=1S/C20H38O7S.C4H6O7S/c1-16(2)11-7-5-9-13-26-19(21)15-18(28(23,24)25)20(22)27-14-10-6-8-12-17(3)4;5-3(6)1-2(4(7)8)12(9,10)11/h16-18H,5-15H2,1-4H3,(H,23,24,25);2H,1H2,(H,5,6)(H,7,8)(H,9,10,11). The highest BCUT2D eigenvalue weighted by molar-refractivity contribution is 7.87. The van der Waals surface area contributed by atoms with Gasteiger partial charge in [0.25, 0.3) is 20.2 Å². The van der Waals surface area contributed by atoms with Gasteiger partial charge in [-0.15, -0.1) is 0 Å². The van der Waals surface area contributed by atoms with E-state index in [4.69, 9.17) is 24.2 Å². The highest BCUT2D eigenvalue weighted by Gasteiger charge is 2.35. The average Bonchev–Trinajstić information content (AvgIpc) is 2.78. The van der Waals surface area contributed by atoms with E-state index in [1.807, 2.05) is 0 Å². The van der Waals surface area contributed by atoms with Gasteiger partial charge >= 0.3 is 23.9 Å². The largest absolute Gasteiger partial charge is 0.481 e. The SMILES string of the molecule is CC(C)CCCCCOC(=O)CC(C(=O)OCCCCCC(C)C)S(=O)(=O)O.O=C(O)CC(C(=O)O)S(=O)(=O)O. The van der Waals surface area contributed by atoms with E-state index in [1.165, 1.54) is 0 Å². The van der Waals surface area contributed by atoms with Gasteiger partial charge in [0.2, 0.25) is 0 Å². The van der Waals surface area contributed by atoms with Crippen molar-refractivity contribution >= 4 is 44.1 Å². The maximum Gasteiger partial charge on any atom is 0.327 e. The Hall–Kier alpha value is -2.30. The third-order valence-corrected chi connectivity index (χ3v) is 7.49. The minimum Gasteiger partial charge on any atom is -0.481 e. The Morgan fingerprint density at radius 2 is 1.05 bits per heavy atom. The molecule has 14 nitrogen and oxygen atoms in total. The lowest BCUT2D eigenvalue weighted by molar-refractivity contribution is -0.150. The van der Waals surface area contributed by atoms with Crippen LogP contribution in [0, 0.1) is 11.8 Å². The first-order valence-electron chi connectivity index (χ1n) is 13.0. The van der Waals surface area contributed by atoms with Gasteiger partial charge in [-0.3, -0.25) is 28.3 Å². The summed E-state index contributed by atoms with van der Waals surface area (Å²) in [4.78, 5) is 43.8. The Morgan fingerprint density at radius 1 is 0.625 bits per heavy atom. The molecule has 16 heteroatoms. The molecular formula is C24H44O14S2. The monoisotopic (exact) mass is 620 g/mol. The number of carbonyl (C=O) groups is 4. The third kappa shape index (κ3) is 22.5. The lowest BCUT2D eigenvalue weighted by Crippen LogP contribution is -2.34. The first kappa shape index (κ1) is 39.8. The zero-order valence-corrected chi connectivity index (χ0v) is 25.1. The molecule has 0 saturated carbocycles. The lowest BCUT2D eigenvalue weighted by Gasteiger charge is -2.13. The normalized spacial score (nSPS) is 13.2. The molecule has 40 heavy (non-hydrogen) atoms. The Balaban J connectivity index is 0. The molecule has 0 aliphatic carbocycles. The quantitative estimate of drug-likeness (QED) is 0.0870. The van der Waals surface area contributed by atoms with Crippen LogP contribution < -0.4 is 0 Å². The molecule has 0 spiro atoms. The maximum absolute atomic E-state index is 12.0. The molecule has 236 valence electrons. The third-order valence-electron chi connectivity index (χ3n) is 5.33. The average molecular weight is 621 g/mol. The molecule has 4 N–H and O–H groups in total. The molecule has 0 bridgehead atoms. The van der Waals surface area contributed by atoms with Crippen LogP contribution in [0.5, 0.6) is 0 Å². The number of unbranched alkanes of at least 4 members (excludes halogenated alkanes) is 4.